The number of hydrogen-bond donors (Lipinski definition) is 1. The van der Waals surface area contributed by atoms with Crippen LogP contribution in [0.1, 0.15) is 20.7 Å². The zero-order valence-electron chi connectivity index (χ0n) is 11.7. The second kappa shape index (κ2) is 6.06. The predicted molar refractivity (Wildman–Crippen MR) is 77.9 cm³/mol. The highest BCUT2D eigenvalue weighted by molar-refractivity contribution is 6.07. The average molecular weight is 308 g/mol. The summed E-state index contributed by atoms with van der Waals surface area (Å²) in [6.45, 7) is 0. The summed E-state index contributed by atoms with van der Waals surface area (Å²) in [6, 6.07) is 9.09. The molecule has 23 heavy (non-hydrogen) atoms. The standard InChI is InChI=1S/C15H11N5O3/c21-14(19-12-4-2-1-3-11(12)15(22)23)10-5-6-16-13(7-10)20-8-17-18-9-20/h1-9H,(H,19,21)(H,22,23)/p-1. The van der Waals surface area contributed by atoms with E-state index in [0.717, 1.165) is 0 Å². The van der Waals surface area contributed by atoms with Gasteiger partial charge in [-0.05, 0) is 18.2 Å². The molecule has 0 bridgehead atoms. The zero-order valence-corrected chi connectivity index (χ0v) is 11.7. The Bertz CT molecular complexity index is 861. The van der Waals surface area contributed by atoms with Gasteiger partial charge in [0, 0.05) is 17.3 Å². The molecule has 3 rings (SSSR count). The monoisotopic (exact) mass is 308 g/mol. The van der Waals surface area contributed by atoms with Crippen LogP contribution in [-0.2, 0) is 0 Å². The smallest absolute Gasteiger partial charge is 0.255 e. The van der Waals surface area contributed by atoms with Gasteiger partial charge in [-0.1, -0.05) is 18.2 Å². The van der Waals surface area contributed by atoms with Gasteiger partial charge >= 0.3 is 0 Å². The summed E-state index contributed by atoms with van der Waals surface area (Å²) in [5.74, 6) is -1.35. The van der Waals surface area contributed by atoms with Gasteiger partial charge in [-0.3, -0.25) is 9.36 Å². The Balaban J connectivity index is 1.87. The van der Waals surface area contributed by atoms with E-state index >= 15 is 0 Å². The van der Waals surface area contributed by atoms with Crippen LogP contribution in [0.3, 0.4) is 0 Å². The number of anilines is 1. The Hall–Kier alpha value is -3.55. The Kier molecular flexibility index (Phi) is 3.79. The molecule has 0 fully saturated rings. The van der Waals surface area contributed by atoms with Crippen molar-refractivity contribution in [1.82, 2.24) is 19.7 Å². The minimum atomic E-state index is -1.36. The molecule has 0 saturated carbocycles. The second-order valence-electron chi connectivity index (χ2n) is 4.56. The molecule has 8 heteroatoms. The number of nitrogens with zero attached hydrogens (tertiary/aromatic N) is 4. The van der Waals surface area contributed by atoms with Crippen molar-refractivity contribution in [2.45, 2.75) is 0 Å². The van der Waals surface area contributed by atoms with Crippen LogP contribution in [0.4, 0.5) is 5.69 Å². The first-order chi connectivity index (χ1) is 11.1. The number of nitrogens with one attached hydrogen (secondary N) is 1. The van der Waals surface area contributed by atoms with Crippen molar-refractivity contribution in [2.75, 3.05) is 5.32 Å². The van der Waals surface area contributed by atoms with Crippen molar-refractivity contribution in [2.24, 2.45) is 0 Å². The lowest BCUT2D eigenvalue weighted by atomic mass is 10.1. The van der Waals surface area contributed by atoms with Gasteiger partial charge in [-0.2, -0.15) is 0 Å². The van der Waals surface area contributed by atoms with E-state index in [1.165, 1.54) is 37.1 Å². The predicted octanol–water partition coefficient (Wildman–Crippen LogP) is 0.278. The maximum atomic E-state index is 12.3. The minimum Gasteiger partial charge on any atom is -0.545 e. The van der Waals surface area contributed by atoms with Crippen molar-refractivity contribution in [3.05, 3.63) is 66.4 Å². The summed E-state index contributed by atoms with van der Waals surface area (Å²) >= 11 is 0. The molecule has 0 spiro atoms. The van der Waals surface area contributed by atoms with Crippen molar-refractivity contribution in [3.63, 3.8) is 0 Å². The fraction of sp³-hybridized carbons (Fsp3) is 0. The van der Waals surface area contributed by atoms with Crippen LogP contribution < -0.4 is 10.4 Å². The van der Waals surface area contributed by atoms with Crippen LogP contribution in [0, 0.1) is 0 Å². The normalized spacial score (nSPS) is 10.3. The lowest BCUT2D eigenvalue weighted by molar-refractivity contribution is -0.254. The van der Waals surface area contributed by atoms with Crippen LogP contribution >= 0.6 is 0 Å². The summed E-state index contributed by atoms with van der Waals surface area (Å²) in [5.41, 5.74) is 0.394. The molecule has 0 aliphatic heterocycles. The van der Waals surface area contributed by atoms with Crippen molar-refractivity contribution in [3.8, 4) is 5.82 Å². The molecule has 8 nitrogen and oxygen atoms in total. The molecule has 0 saturated heterocycles. The van der Waals surface area contributed by atoms with Gasteiger partial charge in [0.15, 0.2) is 0 Å². The molecule has 2 heterocycles. The number of hydrogen-bond acceptors (Lipinski definition) is 6. The van der Waals surface area contributed by atoms with Crippen LogP contribution in [0.25, 0.3) is 5.82 Å². The third-order valence-corrected chi connectivity index (χ3v) is 3.09. The van der Waals surface area contributed by atoms with Gasteiger partial charge in [-0.25, -0.2) is 4.98 Å². The van der Waals surface area contributed by atoms with Crippen molar-refractivity contribution >= 4 is 17.6 Å². The summed E-state index contributed by atoms with van der Waals surface area (Å²) < 4.78 is 1.55. The van der Waals surface area contributed by atoms with Gasteiger partial charge in [0.2, 0.25) is 0 Å². The molecule has 1 aromatic carbocycles. The Labute approximate surface area is 130 Å². The quantitative estimate of drug-likeness (QED) is 0.740. The maximum Gasteiger partial charge on any atom is 0.255 e. The first-order valence-corrected chi connectivity index (χ1v) is 6.58. The molecule has 1 amide bonds. The van der Waals surface area contributed by atoms with Crippen molar-refractivity contribution < 1.29 is 14.7 Å². The SMILES string of the molecule is O=C(Nc1ccccc1C(=O)[O-])c1ccnc(-n2cnnc2)c1. The number of pyridine rings is 1. The number of amides is 1. The highest BCUT2D eigenvalue weighted by Crippen LogP contribution is 2.16. The molecule has 3 aromatic rings. The first kappa shape index (κ1) is 14.4. The number of carbonyl (C=O) groups excluding carboxylic acids is 2. The van der Waals surface area contributed by atoms with Gasteiger partial charge in [0.25, 0.3) is 5.91 Å². The van der Waals surface area contributed by atoms with E-state index in [-0.39, 0.29) is 11.3 Å². The topological polar surface area (TPSA) is 113 Å². The number of para-hydroxylation sites is 1. The molecule has 114 valence electrons. The lowest BCUT2D eigenvalue weighted by Crippen LogP contribution is -2.24. The zero-order chi connectivity index (χ0) is 16.2. The molecular weight excluding hydrogens is 298 g/mol. The highest BCUT2D eigenvalue weighted by atomic mass is 16.4. The average Bonchev–Trinajstić information content (AvgIpc) is 3.10. The van der Waals surface area contributed by atoms with E-state index in [2.05, 4.69) is 20.5 Å². The molecule has 0 aliphatic rings. The van der Waals surface area contributed by atoms with E-state index in [4.69, 9.17) is 0 Å². The summed E-state index contributed by atoms with van der Waals surface area (Å²) in [7, 11) is 0. The molecular formula is C15H10N5O3-. The van der Waals surface area contributed by atoms with E-state index in [9.17, 15) is 14.7 Å². The number of carboxylic acid groups (broad SMARTS) is 1. The number of aromatic nitrogens is 4. The molecule has 0 radical (unpaired) electrons. The van der Waals surface area contributed by atoms with E-state index < -0.39 is 11.9 Å². The third-order valence-electron chi connectivity index (χ3n) is 3.09. The molecule has 0 unspecified atom stereocenters. The van der Waals surface area contributed by atoms with E-state index in [1.807, 2.05) is 0 Å². The number of carboxylic acids is 1. The molecule has 0 atom stereocenters. The fourth-order valence-corrected chi connectivity index (χ4v) is 1.98. The Morgan fingerprint density at radius 2 is 1.83 bits per heavy atom. The first-order valence-electron chi connectivity index (χ1n) is 6.58. The van der Waals surface area contributed by atoms with Crippen molar-refractivity contribution in [1.29, 1.82) is 0 Å². The van der Waals surface area contributed by atoms with Gasteiger partial charge in [0.05, 0.1) is 11.7 Å². The van der Waals surface area contributed by atoms with E-state index in [1.54, 1.807) is 22.8 Å². The van der Waals surface area contributed by atoms with Gasteiger partial charge in [-0.15, -0.1) is 10.2 Å². The number of aromatic carboxylic acids is 1. The van der Waals surface area contributed by atoms with Crippen LogP contribution in [0.15, 0.2) is 55.2 Å². The summed E-state index contributed by atoms with van der Waals surface area (Å²) in [4.78, 5) is 27.5. The minimum absolute atomic E-state index is 0.0889. The third kappa shape index (κ3) is 3.05. The number of benzene rings is 1. The second-order valence-corrected chi connectivity index (χ2v) is 4.56. The van der Waals surface area contributed by atoms with Crippen LogP contribution in [-0.4, -0.2) is 31.6 Å². The maximum absolute atomic E-state index is 12.3. The fourth-order valence-electron chi connectivity index (χ4n) is 1.98. The van der Waals surface area contributed by atoms with Gasteiger partial charge in [0.1, 0.15) is 18.5 Å². The highest BCUT2D eigenvalue weighted by Gasteiger charge is 2.11. The van der Waals surface area contributed by atoms with E-state index in [0.29, 0.717) is 11.4 Å². The molecule has 2 aromatic heterocycles. The van der Waals surface area contributed by atoms with Crippen LogP contribution in [0.5, 0.6) is 0 Å². The summed E-state index contributed by atoms with van der Waals surface area (Å²) in [5, 5.41) is 21.0. The van der Waals surface area contributed by atoms with Gasteiger partial charge < -0.3 is 15.2 Å². The van der Waals surface area contributed by atoms with Crippen LogP contribution in [0.2, 0.25) is 0 Å². The Morgan fingerprint density at radius 3 is 2.57 bits per heavy atom. The molecule has 1 N–H and O–H groups in total. The lowest BCUT2D eigenvalue weighted by Gasteiger charge is -2.12. The number of carbonyl (C=O) groups is 2. The largest absolute Gasteiger partial charge is 0.545 e. The summed E-state index contributed by atoms with van der Waals surface area (Å²) in [6.07, 6.45) is 4.37. The molecule has 0 aliphatic carbocycles. The number of rotatable bonds is 4. The Morgan fingerprint density at radius 1 is 1.09 bits per heavy atom.